The summed E-state index contributed by atoms with van der Waals surface area (Å²) in [6.07, 6.45) is 2.56. The maximum absolute atomic E-state index is 6.19. The Bertz CT molecular complexity index is 948. The molecule has 0 unspecified atom stereocenters. The standard InChI is InChI=1S/C17H20N6O2.C4H8O/c1-10-6-7-13(25-10)15-14(18)16(23-17(19)22-15)20-8-11-4-3-5-12(21-11)9-24-2;1-2-4-5-3-1/h3-7H,8-9,18H2,1-2H3,(H3,19,20,22,23);1-4H2. The van der Waals surface area contributed by atoms with Gasteiger partial charge in [-0.15, -0.1) is 0 Å². The topological polar surface area (TPSA) is 134 Å². The number of furan rings is 1. The summed E-state index contributed by atoms with van der Waals surface area (Å²) in [5.74, 6) is 1.87. The first-order chi connectivity index (χ1) is 14.6. The second-order valence-electron chi connectivity index (χ2n) is 6.83. The van der Waals surface area contributed by atoms with Crippen molar-refractivity contribution in [1.82, 2.24) is 15.0 Å². The predicted molar refractivity (Wildman–Crippen MR) is 116 cm³/mol. The highest BCUT2D eigenvalue weighted by molar-refractivity contribution is 5.79. The Morgan fingerprint density at radius 1 is 1.03 bits per heavy atom. The zero-order chi connectivity index (χ0) is 21.3. The number of nitrogens with two attached hydrogens (primary N) is 2. The number of nitrogen functional groups attached to an aromatic ring is 2. The molecule has 3 aromatic rings. The average Bonchev–Trinajstić information content (AvgIpc) is 3.44. The molecule has 1 aliphatic heterocycles. The van der Waals surface area contributed by atoms with Gasteiger partial charge in [0.2, 0.25) is 5.95 Å². The highest BCUT2D eigenvalue weighted by Crippen LogP contribution is 2.31. The number of pyridine rings is 1. The van der Waals surface area contributed by atoms with E-state index in [1.165, 1.54) is 12.8 Å². The number of ether oxygens (including phenoxy) is 2. The van der Waals surface area contributed by atoms with Gasteiger partial charge in [0.15, 0.2) is 11.6 Å². The summed E-state index contributed by atoms with van der Waals surface area (Å²) in [7, 11) is 1.63. The summed E-state index contributed by atoms with van der Waals surface area (Å²) in [5.41, 5.74) is 14.5. The fourth-order valence-electron chi connectivity index (χ4n) is 2.91. The molecule has 0 aromatic carbocycles. The van der Waals surface area contributed by atoms with Crippen LogP contribution in [0.2, 0.25) is 0 Å². The molecule has 0 aliphatic carbocycles. The first kappa shape index (κ1) is 21.5. The van der Waals surface area contributed by atoms with E-state index < -0.39 is 0 Å². The Balaban J connectivity index is 0.000000448. The summed E-state index contributed by atoms with van der Waals surface area (Å²) >= 11 is 0. The van der Waals surface area contributed by atoms with Crippen molar-refractivity contribution in [3.8, 4) is 11.5 Å². The summed E-state index contributed by atoms with van der Waals surface area (Å²) < 4.78 is 15.6. The average molecular weight is 412 g/mol. The highest BCUT2D eigenvalue weighted by Gasteiger charge is 2.15. The van der Waals surface area contributed by atoms with Crippen LogP contribution in [-0.2, 0) is 22.6 Å². The van der Waals surface area contributed by atoms with Gasteiger partial charge in [-0.1, -0.05) is 6.07 Å². The van der Waals surface area contributed by atoms with Gasteiger partial charge in [0.05, 0.1) is 24.5 Å². The molecule has 0 radical (unpaired) electrons. The molecule has 5 N–H and O–H groups in total. The molecule has 4 rings (SSSR count). The van der Waals surface area contributed by atoms with E-state index in [-0.39, 0.29) is 5.95 Å². The third kappa shape index (κ3) is 5.91. The highest BCUT2D eigenvalue weighted by atomic mass is 16.5. The summed E-state index contributed by atoms with van der Waals surface area (Å²) in [4.78, 5) is 12.9. The van der Waals surface area contributed by atoms with Gasteiger partial charge in [-0.25, -0.2) is 4.98 Å². The zero-order valence-corrected chi connectivity index (χ0v) is 17.4. The van der Waals surface area contributed by atoms with Crippen molar-refractivity contribution in [3.05, 3.63) is 47.5 Å². The third-order valence-corrected chi connectivity index (χ3v) is 4.36. The van der Waals surface area contributed by atoms with E-state index in [1.807, 2.05) is 31.2 Å². The van der Waals surface area contributed by atoms with Crippen LogP contribution in [-0.4, -0.2) is 35.3 Å². The van der Waals surface area contributed by atoms with E-state index in [2.05, 4.69) is 20.3 Å². The third-order valence-electron chi connectivity index (χ3n) is 4.36. The number of anilines is 3. The van der Waals surface area contributed by atoms with Crippen LogP contribution in [0.25, 0.3) is 11.5 Å². The van der Waals surface area contributed by atoms with Crippen molar-refractivity contribution in [1.29, 1.82) is 0 Å². The van der Waals surface area contributed by atoms with Crippen LogP contribution in [0.3, 0.4) is 0 Å². The molecular weight excluding hydrogens is 384 g/mol. The van der Waals surface area contributed by atoms with E-state index in [1.54, 1.807) is 13.2 Å². The normalized spacial score (nSPS) is 13.0. The molecule has 0 saturated carbocycles. The molecule has 4 heterocycles. The van der Waals surface area contributed by atoms with Gasteiger partial charge in [0, 0.05) is 20.3 Å². The van der Waals surface area contributed by atoms with Crippen molar-refractivity contribution < 1.29 is 13.9 Å². The Labute approximate surface area is 175 Å². The predicted octanol–water partition coefficient (Wildman–Crippen LogP) is 3.16. The molecule has 1 saturated heterocycles. The van der Waals surface area contributed by atoms with E-state index in [4.69, 9.17) is 25.4 Å². The maximum Gasteiger partial charge on any atom is 0.222 e. The molecule has 1 fully saturated rings. The number of nitrogens with one attached hydrogen (secondary N) is 1. The van der Waals surface area contributed by atoms with Gasteiger partial charge in [0.1, 0.15) is 17.1 Å². The Morgan fingerprint density at radius 2 is 1.80 bits per heavy atom. The van der Waals surface area contributed by atoms with Gasteiger partial charge >= 0.3 is 0 Å². The molecule has 0 amide bonds. The molecule has 0 spiro atoms. The summed E-state index contributed by atoms with van der Waals surface area (Å²) in [6, 6.07) is 9.37. The van der Waals surface area contributed by atoms with Gasteiger partial charge in [-0.2, -0.15) is 4.98 Å². The van der Waals surface area contributed by atoms with Crippen LogP contribution in [0.1, 0.15) is 30.0 Å². The molecule has 1 aliphatic rings. The molecule has 9 nitrogen and oxygen atoms in total. The van der Waals surface area contributed by atoms with E-state index in [0.717, 1.165) is 30.4 Å². The summed E-state index contributed by atoms with van der Waals surface area (Å²) in [5, 5.41) is 3.16. The van der Waals surface area contributed by atoms with E-state index in [9.17, 15) is 0 Å². The molecule has 3 aromatic heterocycles. The molecule has 0 atom stereocenters. The van der Waals surface area contributed by atoms with Crippen LogP contribution in [0.5, 0.6) is 0 Å². The zero-order valence-electron chi connectivity index (χ0n) is 17.4. The first-order valence-electron chi connectivity index (χ1n) is 9.82. The van der Waals surface area contributed by atoms with Crippen LogP contribution < -0.4 is 16.8 Å². The second kappa shape index (κ2) is 10.6. The fourth-order valence-corrected chi connectivity index (χ4v) is 2.91. The quantitative estimate of drug-likeness (QED) is 0.558. The molecule has 30 heavy (non-hydrogen) atoms. The van der Waals surface area contributed by atoms with Crippen molar-refractivity contribution in [2.24, 2.45) is 0 Å². The van der Waals surface area contributed by atoms with Crippen molar-refractivity contribution >= 4 is 17.5 Å². The van der Waals surface area contributed by atoms with Crippen LogP contribution in [0.15, 0.2) is 34.7 Å². The largest absolute Gasteiger partial charge is 0.460 e. The first-order valence-corrected chi connectivity index (χ1v) is 9.82. The Hall–Kier alpha value is -3.17. The number of nitrogens with zero attached hydrogens (tertiary/aromatic N) is 3. The van der Waals surface area contributed by atoms with Gasteiger partial charge in [0.25, 0.3) is 0 Å². The van der Waals surface area contributed by atoms with Gasteiger partial charge < -0.3 is 30.7 Å². The summed E-state index contributed by atoms with van der Waals surface area (Å²) in [6.45, 7) is 4.75. The van der Waals surface area contributed by atoms with E-state index >= 15 is 0 Å². The number of hydrogen-bond acceptors (Lipinski definition) is 9. The van der Waals surface area contributed by atoms with E-state index in [0.29, 0.717) is 36.1 Å². The van der Waals surface area contributed by atoms with Crippen LogP contribution in [0, 0.1) is 6.92 Å². The Kier molecular flexibility index (Phi) is 7.58. The van der Waals surface area contributed by atoms with Crippen molar-refractivity contribution in [2.75, 3.05) is 37.1 Å². The Morgan fingerprint density at radius 3 is 2.43 bits per heavy atom. The monoisotopic (exact) mass is 412 g/mol. The number of hydrogen-bond donors (Lipinski definition) is 3. The van der Waals surface area contributed by atoms with Gasteiger partial charge in [-0.05, 0) is 44.0 Å². The second-order valence-corrected chi connectivity index (χ2v) is 6.83. The smallest absolute Gasteiger partial charge is 0.222 e. The lowest BCUT2D eigenvalue weighted by Crippen LogP contribution is -2.10. The number of aromatic nitrogens is 3. The minimum atomic E-state index is 0.113. The van der Waals surface area contributed by atoms with Crippen molar-refractivity contribution in [3.63, 3.8) is 0 Å². The molecule has 160 valence electrons. The molecule has 9 heteroatoms. The number of methoxy groups -OCH3 is 1. The van der Waals surface area contributed by atoms with Gasteiger partial charge in [-0.3, -0.25) is 4.98 Å². The lowest BCUT2D eigenvalue weighted by atomic mass is 10.2. The fraction of sp³-hybridized carbons (Fsp3) is 0.381. The lowest BCUT2D eigenvalue weighted by molar-refractivity contribution is 0.181. The lowest BCUT2D eigenvalue weighted by Gasteiger charge is -2.11. The SMILES string of the molecule is C1CCOC1.COCc1cccc(CNc2nc(N)nc(-c3ccc(C)o3)c2N)n1. The van der Waals surface area contributed by atoms with Crippen LogP contribution >= 0.6 is 0 Å². The maximum atomic E-state index is 6.19. The molecular formula is C21H28N6O3. The minimum Gasteiger partial charge on any atom is -0.460 e. The van der Waals surface area contributed by atoms with Crippen molar-refractivity contribution in [2.45, 2.75) is 32.9 Å². The van der Waals surface area contributed by atoms with Crippen LogP contribution in [0.4, 0.5) is 17.5 Å². The number of rotatable bonds is 6. The minimum absolute atomic E-state index is 0.113. The molecule has 0 bridgehead atoms. The number of aryl methyl sites for hydroxylation is 1.